The van der Waals surface area contributed by atoms with Crippen LogP contribution < -0.4 is 0 Å². The van der Waals surface area contributed by atoms with Gasteiger partial charge >= 0.3 is 0 Å². The topological polar surface area (TPSA) is 37.4 Å². The number of hydrogen-bond donors (Lipinski definition) is 0. The predicted molar refractivity (Wildman–Crippen MR) is 72.8 cm³/mol. The number of fused-ring (bicyclic) bond motifs is 1. The third kappa shape index (κ3) is 1.99. The van der Waals surface area contributed by atoms with Crippen molar-refractivity contribution in [3.05, 3.63) is 47.0 Å². The van der Waals surface area contributed by atoms with Gasteiger partial charge in [0, 0.05) is 18.5 Å². The molecule has 2 aliphatic rings. The van der Waals surface area contributed by atoms with Crippen LogP contribution in [-0.4, -0.2) is 29.2 Å². The molecule has 19 heavy (non-hydrogen) atoms. The molecule has 3 nitrogen and oxygen atoms in total. The van der Waals surface area contributed by atoms with Crippen molar-refractivity contribution < 1.29 is 9.59 Å². The van der Waals surface area contributed by atoms with E-state index in [2.05, 4.69) is 0 Å². The first-order chi connectivity index (χ1) is 9.18. The van der Waals surface area contributed by atoms with Gasteiger partial charge in [-0.15, -0.1) is 0 Å². The highest BCUT2D eigenvalue weighted by molar-refractivity contribution is 5.99. The van der Waals surface area contributed by atoms with Gasteiger partial charge in [0.05, 0.1) is 6.04 Å². The van der Waals surface area contributed by atoms with Gasteiger partial charge in [-0.25, -0.2) is 0 Å². The summed E-state index contributed by atoms with van der Waals surface area (Å²) in [5, 5.41) is 0. The van der Waals surface area contributed by atoms with Gasteiger partial charge < -0.3 is 4.90 Å². The Morgan fingerprint density at radius 3 is 2.68 bits per heavy atom. The standard InChI is InChI=1S/C16H17NO2/c1-11-13-9-10-17(14(13)7-8-15(11)18)16(19)12-5-3-2-4-6-12/h2-6,14H,7-10H2,1H3. The summed E-state index contributed by atoms with van der Waals surface area (Å²) >= 11 is 0. The fourth-order valence-electron chi connectivity index (χ4n) is 3.14. The van der Waals surface area contributed by atoms with E-state index < -0.39 is 0 Å². The quantitative estimate of drug-likeness (QED) is 0.773. The number of likely N-dealkylation sites (tertiary alicyclic amines) is 1. The van der Waals surface area contributed by atoms with Crippen LogP contribution in [0.25, 0.3) is 0 Å². The maximum absolute atomic E-state index is 12.5. The lowest BCUT2D eigenvalue weighted by atomic mass is 9.88. The molecule has 0 radical (unpaired) electrons. The van der Waals surface area contributed by atoms with Crippen molar-refractivity contribution in [3.63, 3.8) is 0 Å². The number of allylic oxidation sites excluding steroid dienone is 1. The molecule has 1 amide bonds. The number of rotatable bonds is 1. The van der Waals surface area contributed by atoms with Gasteiger partial charge in [-0.2, -0.15) is 0 Å². The molecule has 1 aliphatic heterocycles. The van der Waals surface area contributed by atoms with Gasteiger partial charge in [0.1, 0.15) is 0 Å². The second kappa shape index (κ2) is 4.65. The van der Waals surface area contributed by atoms with Crippen LogP contribution in [0.15, 0.2) is 41.5 Å². The molecule has 3 rings (SSSR count). The molecule has 1 aliphatic carbocycles. The molecular weight excluding hydrogens is 238 g/mol. The van der Waals surface area contributed by atoms with E-state index in [9.17, 15) is 9.59 Å². The lowest BCUT2D eigenvalue weighted by Gasteiger charge is -2.28. The maximum Gasteiger partial charge on any atom is 0.254 e. The lowest BCUT2D eigenvalue weighted by molar-refractivity contribution is -0.116. The van der Waals surface area contributed by atoms with Crippen molar-refractivity contribution in [1.29, 1.82) is 0 Å². The van der Waals surface area contributed by atoms with Gasteiger partial charge in [0.25, 0.3) is 5.91 Å². The van der Waals surface area contributed by atoms with Crippen LogP contribution in [0.2, 0.25) is 0 Å². The monoisotopic (exact) mass is 255 g/mol. The van der Waals surface area contributed by atoms with Gasteiger partial charge in [-0.05, 0) is 43.0 Å². The lowest BCUT2D eigenvalue weighted by Crippen LogP contribution is -2.38. The first kappa shape index (κ1) is 12.2. The molecule has 98 valence electrons. The SMILES string of the molecule is CC1=C2CCN(C(=O)c3ccccc3)C2CCC1=O. The number of nitrogens with zero attached hydrogens (tertiary/aromatic N) is 1. The molecule has 3 heteroatoms. The molecule has 1 saturated heterocycles. The van der Waals surface area contributed by atoms with Gasteiger partial charge in [-0.1, -0.05) is 18.2 Å². The zero-order valence-corrected chi connectivity index (χ0v) is 11.1. The molecule has 1 aromatic rings. The highest BCUT2D eigenvalue weighted by Gasteiger charge is 2.37. The zero-order valence-electron chi connectivity index (χ0n) is 11.1. The molecule has 0 saturated carbocycles. The number of benzene rings is 1. The summed E-state index contributed by atoms with van der Waals surface area (Å²) in [4.78, 5) is 26.2. The van der Waals surface area contributed by atoms with Crippen molar-refractivity contribution in [2.24, 2.45) is 0 Å². The summed E-state index contributed by atoms with van der Waals surface area (Å²) in [6.07, 6.45) is 2.20. The van der Waals surface area contributed by atoms with Crippen molar-refractivity contribution >= 4 is 11.7 Å². The van der Waals surface area contributed by atoms with Crippen LogP contribution in [0.1, 0.15) is 36.5 Å². The molecule has 1 heterocycles. The third-order valence-electron chi connectivity index (χ3n) is 4.23. The molecule has 0 N–H and O–H groups in total. The van der Waals surface area contributed by atoms with E-state index in [1.807, 2.05) is 42.2 Å². The first-order valence-electron chi connectivity index (χ1n) is 6.77. The summed E-state index contributed by atoms with van der Waals surface area (Å²) in [6.45, 7) is 2.64. The minimum absolute atomic E-state index is 0.0859. The van der Waals surface area contributed by atoms with E-state index in [0.29, 0.717) is 6.42 Å². The summed E-state index contributed by atoms with van der Waals surface area (Å²) in [7, 11) is 0. The molecular formula is C16H17NO2. The average molecular weight is 255 g/mol. The summed E-state index contributed by atoms with van der Waals surface area (Å²) in [5.41, 5.74) is 2.80. The summed E-state index contributed by atoms with van der Waals surface area (Å²) < 4.78 is 0. The van der Waals surface area contributed by atoms with Crippen molar-refractivity contribution in [3.8, 4) is 0 Å². The van der Waals surface area contributed by atoms with Crippen molar-refractivity contribution in [1.82, 2.24) is 4.90 Å². The van der Waals surface area contributed by atoms with Crippen LogP contribution in [0.3, 0.4) is 0 Å². The van der Waals surface area contributed by atoms with Gasteiger partial charge in [-0.3, -0.25) is 9.59 Å². The number of ketones is 1. The number of hydrogen-bond acceptors (Lipinski definition) is 2. The first-order valence-corrected chi connectivity index (χ1v) is 6.77. The van der Waals surface area contributed by atoms with Crippen molar-refractivity contribution in [2.45, 2.75) is 32.2 Å². The van der Waals surface area contributed by atoms with Crippen LogP contribution in [-0.2, 0) is 4.79 Å². The Labute approximate surface area is 112 Å². The molecule has 1 unspecified atom stereocenters. The smallest absolute Gasteiger partial charge is 0.254 e. The second-order valence-electron chi connectivity index (χ2n) is 5.24. The van der Waals surface area contributed by atoms with E-state index in [1.54, 1.807) is 0 Å². The Kier molecular flexibility index (Phi) is 2.97. The molecule has 1 aromatic carbocycles. The van der Waals surface area contributed by atoms with Gasteiger partial charge in [0.2, 0.25) is 0 Å². The minimum Gasteiger partial charge on any atom is -0.332 e. The highest BCUT2D eigenvalue weighted by atomic mass is 16.2. The highest BCUT2D eigenvalue weighted by Crippen LogP contribution is 2.35. The zero-order chi connectivity index (χ0) is 13.4. The Balaban J connectivity index is 1.89. The van der Waals surface area contributed by atoms with E-state index in [1.165, 1.54) is 5.57 Å². The predicted octanol–water partition coefficient (Wildman–Crippen LogP) is 2.58. The van der Waals surface area contributed by atoms with E-state index in [0.717, 1.165) is 30.5 Å². The number of carbonyl (C=O) groups excluding carboxylic acids is 2. The Hall–Kier alpha value is -1.90. The van der Waals surface area contributed by atoms with E-state index in [-0.39, 0.29) is 17.7 Å². The molecule has 1 atom stereocenters. The van der Waals surface area contributed by atoms with Crippen molar-refractivity contribution in [2.75, 3.05) is 6.54 Å². The molecule has 0 aromatic heterocycles. The third-order valence-corrected chi connectivity index (χ3v) is 4.23. The number of carbonyl (C=O) groups is 2. The number of amides is 1. The summed E-state index contributed by atoms with van der Waals surface area (Å²) in [6, 6.07) is 9.53. The fraction of sp³-hybridized carbons (Fsp3) is 0.375. The largest absolute Gasteiger partial charge is 0.332 e. The maximum atomic E-state index is 12.5. The van der Waals surface area contributed by atoms with Crippen LogP contribution in [0.5, 0.6) is 0 Å². The van der Waals surface area contributed by atoms with Crippen LogP contribution in [0, 0.1) is 0 Å². The Bertz CT molecular complexity index is 559. The molecule has 1 fully saturated rings. The second-order valence-corrected chi connectivity index (χ2v) is 5.24. The Morgan fingerprint density at radius 2 is 1.95 bits per heavy atom. The normalized spacial score (nSPS) is 22.7. The molecule has 0 spiro atoms. The van der Waals surface area contributed by atoms with E-state index in [4.69, 9.17) is 0 Å². The number of Topliss-reactive ketones (excluding diaryl/α,β-unsaturated/α-hetero) is 1. The van der Waals surface area contributed by atoms with Crippen LogP contribution >= 0.6 is 0 Å². The fourth-order valence-corrected chi connectivity index (χ4v) is 3.14. The molecule has 0 bridgehead atoms. The average Bonchev–Trinajstić information content (AvgIpc) is 2.87. The Morgan fingerprint density at radius 1 is 1.21 bits per heavy atom. The minimum atomic E-state index is 0.0859. The summed E-state index contributed by atoms with van der Waals surface area (Å²) in [5.74, 6) is 0.336. The van der Waals surface area contributed by atoms with Gasteiger partial charge in [0.15, 0.2) is 5.78 Å². The van der Waals surface area contributed by atoms with E-state index >= 15 is 0 Å². The van der Waals surface area contributed by atoms with Crippen LogP contribution in [0.4, 0.5) is 0 Å².